The van der Waals surface area contributed by atoms with Crippen molar-refractivity contribution in [2.75, 3.05) is 11.6 Å². The second-order valence-corrected chi connectivity index (χ2v) is 8.23. The molecule has 0 amide bonds. The number of carbonyl (C=O) groups excluding carboxylic acids is 1. The van der Waals surface area contributed by atoms with Gasteiger partial charge in [-0.3, -0.25) is 4.79 Å². The molecule has 0 aromatic heterocycles. The number of anilines is 2. The Morgan fingerprint density at radius 1 is 1.07 bits per heavy atom. The first-order chi connectivity index (χ1) is 12.7. The minimum atomic E-state index is -3.28. The van der Waals surface area contributed by atoms with Crippen LogP contribution in [0.1, 0.15) is 12.5 Å². The number of carbonyl (C=O) groups is 1. The van der Waals surface area contributed by atoms with Gasteiger partial charge in [-0.2, -0.15) is 0 Å². The second kappa shape index (κ2) is 7.36. The predicted molar refractivity (Wildman–Crippen MR) is 102 cm³/mol. The SMILES string of the molecule is CC(=O)OCc1cc(Nc2ccc(S(C)(=O)=O)cc2)c2cc(F)ccc2c1. The Balaban J connectivity index is 2.00. The van der Waals surface area contributed by atoms with Crippen molar-refractivity contribution in [1.82, 2.24) is 0 Å². The molecule has 0 bridgehead atoms. The first kappa shape index (κ1) is 18.8. The van der Waals surface area contributed by atoms with E-state index in [2.05, 4.69) is 5.32 Å². The van der Waals surface area contributed by atoms with E-state index in [4.69, 9.17) is 4.74 Å². The van der Waals surface area contributed by atoms with E-state index in [9.17, 15) is 17.6 Å². The zero-order valence-corrected chi connectivity index (χ0v) is 15.6. The number of rotatable bonds is 5. The van der Waals surface area contributed by atoms with Crippen molar-refractivity contribution in [1.29, 1.82) is 0 Å². The minimum absolute atomic E-state index is 0.102. The highest BCUT2D eigenvalue weighted by molar-refractivity contribution is 7.90. The highest BCUT2D eigenvalue weighted by atomic mass is 32.2. The third-order valence-corrected chi connectivity index (χ3v) is 5.11. The molecule has 0 atom stereocenters. The highest BCUT2D eigenvalue weighted by Gasteiger charge is 2.09. The average Bonchev–Trinajstić information content (AvgIpc) is 2.60. The standard InChI is InChI=1S/C20H18FNO4S/c1-13(23)26-12-14-9-15-3-4-16(21)11-19(15)20(10-14)22-17-5-7-18(8-6-17)27(2,24)25/h3-11,22H,12H2,1-2H3. The summed E-state index contributed by atoms with van der Waals surface area (Å²) in [4.78, 5) is 11.3. The summed E-state index contributed by atoms with van der Waals surface area (Å²) in [6, 6.07) is 14.3. The van der Waals surface area contributed by atoms with Crippen molar-refractivity contribution in [2.45, 2.75) is 18.4 Å². The van der Waals surface area contributed by atoms with E-state index in [1.807, 2.05) is 6.07 Å². The molecule has 5 nitrogen and oxygen atoms in total. The molecule has 0 aliphatic carbocycles. The van der Waals surface area contributed by atoms with Gasteiger partial charge in [0.2, 0.25) is 0 Å². The Morgan fingerprint density at radius 2 is 1.78 bits per heavy atom. The van der Waals surface area contributed by atoms with Crippen LogP contribution in [0.2, 0.25) is 0 Å². The number of benzene rings is 3. The van der Waals surface area contributed by atoms with Gasteiger partial charge in [-0.1, -0.05) is 6.07 Å². The smallest absolute Gasteiger partial charge is 0.302 e. The zero-order valence-electron chi connectivity index (χ0n) is 14.8. The molecule has 27 heavy (non-hydrogen) atoms. The summed E-state index contributed by atoms with van der Waals surface area (Å²) in [6.07, 6.45) is 1.14. The van der Waals surface area contributed by atoms with Crippen LogP contribution < -0.4 is 5.32 Å². The molecule has 0 saturated heterocycles. The quantitative estimate of drug-likeness (QED) is 0.665. The van der Waals surface area contributed by atoms with Gasteiger partial charge < -0.3 is 10.1 Å². The van der Waals surface area contributed by atoms with Crippen LogP contribution in [0, 0.1) is 5.82 Å². The Kier molecular flexibility index (Phi) is 5.14. The van der Waals surface area contributed by atoms with E-state index < -0.39 is 9.84 Å². The fraction of sp³-hybridized carbons (Fsp3) is 0.150. The molecule has 0 aliphatic heterocycles. The van der Waals surface area contributed by atoms with Crippen LogP contribution in [0.4, 0.5) is 15.8 Å². The number of hydrogen-bond acceptors (Lipinski definition) is 5. The van der Waals surface area contributed by atoms with E-state index in [1.165, 1.54) is 31.2 Å². The zero-order chi connectivity index (χ0) is 19.6. The van der Waals surface area contributed by atoms with Crippen LogP contribution in [0.5, 0.6) is 0 Å². The molecule has 0 aliphatic rings. The van der Waals surface area contributed by atoms with Crippen molar-refractivity contribution in [3.8, 4) is 0 Å². The molecular formula is C20H18FNO4S. The molecule has 0 fully saturated rings. The van der Waals surface area contributed by atoms with Gasteiger partial charge in [-0.05, 0) is 59.5 Å². The van der Waals surface area contributed by atoms with Crippen LogP contribution in [0.15, 0.2) is 59.5 Å². The van der Waals surface area contributed by atoms with Gasteiger partial charge in [0.15, 0.2) is 9.84 Å². The van der Waals surface area contributed by atoms with Crippen LogP contribution >= 0.6 is 0 Å². The number of halogens is 1. The molecule has 0 radical (unpaired) electrons. The van der Waals surface area contributed by atoms with E-state index in [1.54, 1.807) is 24.3 Å². The monoisotopic (exact) mass is 387 g/mol. The average molecular weight is 387 g/mol. The van der Waals surface area contributed by atoms with Crippen molar-refractivity contribution < 1.29 is 22.3 Å². The Labute approximate surface area is 156 Å². The fourth-order valence-electron chi connectivity index (χ4n) is 2.70. The molecule has 140 valence electrons. The summed E-state index contributed by atoms with van der Waals surface area (Å²) >= 11 is 0. The van der Waals surface area contributed by atoms with Crippen LogP contribution in [-0.2, 0) is 26.0 Å². The molecule has 3 aromatic rings. The summed E-state index contributed by atoms with van der Waals surface area (Å²) in [5, 5.41) is 4.63. The molecule has 3 aromatic carbocycles. The van der Waals surface area contributed by atoms with Crippen LogP contribution in [0.25, 0.3) is 10.8 Å². The first-order valence-corrected chi connectivity index (χ1v) is 10.0. The van der Waals surface area contributed by atoms with E-state index in [0.717, 1.165) is 17.2 Å². The molecule has 0 heterocycles. The van der Waals surface area contributed by atoms with E-state index >= 15 is 0 Å². The Bertz CT molecular complexity index is 1110. The molecular weight excluding hydrogens is 369 g/mol. The maximum absolute atomic E-state index is 13.7. The minimum Gasteiger partial charge on any atom is -0.461 e. The third kappa shape index (κ3) is 4.62. The predicted octanol–water partition coefficient (Wildman–Crippen LogP) is 4.19. The van der Waals surface area contributed by atoms with Crippen LogP contribution in [-0.4, -0.2) is 20.6 Å². The maximum Gasteiger partial charge on any atom is 0.302 e. The summed E-state index contributed by atoms with van der Waals surface area (Å²) in [6.45, 7) is 1.43. The molecule has 3 rings (SSSR count). The summed E-state index contributed by atoms with van der Waals surface area (Å²) in [5.41, 5.74) is 2.03. The van der Waals surface area contributed by atoms with Crippen molar-refractivity contribution in [2.24, 2.45) is 0 Å². The molecule has 7 heteroatoms. The topological polar surface area (TPSA) is 72.5 Å². The van der Waals surface area contributed by atoms with Crippen LogP contribution in [0.3, 0.4) is 0 Å². The lowest BCUT2D eigenvalue weighted by molar-refractivity contribution is -0.142. The lowest BCUT2D eigenvalue weighted by Crippen LogP contribution is -2.01. The molecule has 0 unspecified atom stereocenters. The van der Waals surface area contributed by atoms with Crippen molar-refractivity contribution in [3.63, 3.8) is 0 Å². The van der Waals surface area contributed by atoms with Gasteiger partial charge in [0.25, 0.3) is 0 Å². The van der Waals surface area contributed by atoms with Gasteiger partial charge >= 0.3 is 5.97 Å². The highest BCUT2D eigenvalue weighted by Crippen LogP contribution is 2.30. The maximum atomic E-state index is 13.7. The third-order valence-electron chi connectivity index (χ3n) is 3.98. The van der Waals surface area contributed by atoms with Gasteiger partial charge in [0, 0.05) is 29.9 Å². The molecule has 0 saturated carbocycles. The number of sulfone groups is 1. The number of nitrogens with one attached hydrogen (secondary N) is 1. The Hall–Kier alpha value is -2.93. The second-order valence-electron chi connectivity index (χ2n) is 6.21. The van der Waals surface area contributed by atoms with Gasteiger partial charge in [-0.25, -0.2) is 12.8 Å². The van der Waals surface area contributed by atoms with Gasteiger partial charge in [0.1, 0.15) is 12.4 Å². The number of esters is 1. The number of fused-ring (bicyclic) bond motifs is 1. The molecule has 1 N–H and O–H groups in total. The van der Waals surface area contributed by atoms with Crippen molar-refractivity contribution >= 4 is 38.0 Å². The van der Waals surface area contributed by atoms with Gasteiger partial charge in [0.05, 0.1) is 4.90 Å². The molecule has 0 spiro atoms. The summed E-state index contributed by atoms with van der Waals surface area (Å²) < 4.78 is 41.9. The first-order valence-electron chi connectivity index (χ1n) is 8.15. The van der Waals surface area contributed by atoms with E-state index in [-0.39, 0.29) is 23.3 Å². The normalized spacial score (nSPS) is 11.4. The fourth-order valence-corrected chi connectivity index (χ4v) is 3.34. The number of ether oxygens (including phenoxy) is 1. The summed E-state index contributed by atoms with van der Waals surface area (Å²) in [7, 11) is -3.28. The Morgan fingerprint density at radius 3 is 2.41 bits per heavy atom. The van der Waals surface area contributed by atoms with Gasteiger partial charge in [-0.15, -0.1) is 0 Å². The number of hydrogen-bond donors (Lipinski definition) is 1. The van der Waals surface area contributed by atoms with E-state index in [0.29, 0.717) is 16.8 Å². The summed E-state index contributed by atoms with van der Waals surface area (Å²) in [5.74, 6) is -0.759. The lowest BCUT2D eigenvalue weighted by atomic mass is 10.0. The largest absolute Gasteiger partial charge is 0.461 e. The van der Waals surface area contributed by atoms with Crippen molar-refractivity contribution in [3.05, 3.63) is 66.0 Å². The lowest BCUT2D eigenvalue weighted by Gasteiger charge is -2.13.